The molecule has 1 aliphatic heterocycles. The van der Waals surface area contributed by atoms with Gasteiger partial charge in [-0.15, -0.1) is 0 Å². The Kier molecular flexibility index (Phi) is 7.49. The highest BCUT2D eigenvalue weighted by atomic mass is 35.5. The lowest BCUT2D eigenvalue weighted by Crippen LogP contribution is -2.50. The van der Waals surface area contributed by atoms with Crippen molar-refractivity contribution in [1.29, 1.82) is 0 Å². The summed E-state index contributed by atoms with van der Waals surface area (Å²) in [7, 11) is 0. The first-order chi connectivity index (χ1) is 19.2. The minimum absolute atomic E-state index is 0.0506. The van der Waals surface area contributed by atoms with Gasteiger partial charge in [0, 0.05) is 60.6 Å². The van der Waals surface area contributed by atoms with Crippen LogP contribution < -0.4 is 0 Å². The maximum atomic E-state index is 13.8. The lowest BCUT2D eigenvalue weighted by Gasteiger charge is -2.40. The molecule has 1 aliphatic rings. The van der Waals surface area contributed by atoms with Crippen molar-refractivity contribution in [2.45, 2.75) is 18.4 Å². The number of nitrogens with one attached hydrogen (secondary N) is 1. The minimum atomic E-state index is -0.0506. The zero-order valence-electron chi connectivity index (χ0n) is 21.8. The van der Waals surface area contributed by atoms with Crippen LogP contribution in [0.25, 0.3) is 10.9 Å². The van der Waals surface area contributed by atoms with Gasteiger partial charge in [0.2, 0.25) is 5.91 Å². The van der Waals surface area contributed by atoms with E-state index in [1.54, 1.807) is 0 Å². The van der Waals surface area contributed by atoms with Gasteiger partial charge in [0.15, 0.2) is 0 Å². The number of hydrogen-bond acceptors (Lipinski definition) is 2. The van der Waals surface area contributed by atoms with Gasteiger partial charge in [-0.2, -0.15) is 0 Å². The van der Waals surface area contributed by atoms with Gasteiger partial charge in [-0.3, -0.25) is 9.69 Å². The molecule has 1 N–H and O–H groups in total. The molecule has 1 amide bonds. The summed E-state index contributed by atoms with van der Waals surface area (Å²) in [5, 5.41) is 1.86. The van der Waals surface area contributed by atoms with Crippen molar-refractivity contribution in [1.82, 2.24) is 14.8 Å². The topological polar surface area (TPSA) is 39.3 Å². The number of H-pyrrole nitrogens is 1. The Labute approximate surface area is 234 Å². The molecular weight excluding hydrogens is 502 g/mol. The number of carbonyl (C=O) groups excluding carboxylic acids is 1. The Morgan fingerprint density at radius 1 is 0.718 bits per heavy atom. The molecule has 196 valence electrons. The van der Waals surface area contributed by atoms with Gasteiger partial charge in [0.1, 0.15) is 0 Å². The molecule has 1 fully saturated rings. The maximum absolute atomic E-state index is 13.8. The number of fused-ring (bicyclic) bond motifs is 1. The summed E-state index contributed by atoms with van der Waals surface area (Å²) in [6.45, 7) is 3.10. The van der Waals surface area contributed by atoms with E-state index in [2.05, 4.69) is 94.9 Å². The maximum Gasteiger partial charge on any atom is 0.223 e. The smallest absolute Gasteiger partial charge is 0.223 e. The van der Waals surface area contributed by atoms with Gasteiger partial charge in [-0.25, -0.2) is 0 Å². The van der Waals surface area contributed by atoms with Crippen molar-refractivity contribution in [2.75, 3.05) is 26.2 Å². The van der Waals surface area contributed by atoms with Crippen LogP contribution in [0.3, 0.4) is 0 Å². The van der Waals surface area contributed by atoms with Crippen LogP contribution >= 0.6 is 11.6 Å². The molecule has 0 unspecified atom stereocenters. The predicted octanol–water partition coefficient (Wildman–Crippen LogP) is 7.28. The number of para-hydroxylation sites is 1. The van der Waals surface area contributed by atoms with Crippen LogP contribution in [-0.4, -0.2) is 46.9 Å². The number of aromatic amines is 1. The molecule has 2 heterocycles. The van der Waals surface area contributed by atoms with Crippen molar-refractivity contribution in [3.05, 3.63) is 143 Å². The van der Waals surface area contributed by atoms with E-state index < -0.39 is 0 Å². The molecule has 1 atom stereocenters. The van der Waals surface area contributed by atoms with Crippen LogP contribution in [-0.2, 0) is 4.79 Å². The van der Waals surface area contributed by atoms with Gasteiger partial charge in [0.05, 0.1) is 6.04 Å². The van der Waals surface area contributed by atoms with E-state index in [0.29, 0.717) is 11.4 Å². The van der Waals surface area contributed by atoms with Crippen molar-refractivity contribution in [3.8, 4) is 0 Å². The lowest BCUT2D eigenvalue weighted by atomic mass is 9.87. The molecule has 4 aromatic carbocycles. The summed E-state index contributed by atoms with van der Waals surface area (Å²) in [5.41, 5.74) is 5.90. The van der Waals surface area contributed by atoms with E-state index >= 15 is 0 Å². The Morgan fingerprint density at radius 2 is 1.31 bits per heavy atom. The molecule has 1 aromatic heterocycles. The average Bonchev–Trinajstić information content (AvgIpc) is 3.42. The third-order valence-electron chi connectivity index (χ3n) is 7.91. The summed E-state index contributed by atoms with van der Waals surface area (Å²) < 4.78 is 0. The van der Waals surface area contributed by atoms with E-state index in [1.165, 1.54) is 11.1 Å². The van der Waals surface area contributed by atoms with E-state index in [9.17, 15) is 4.79 Å². The van der Waals surface area contributed by atoms with Gasteiger partial charge >= 0.3 is 0 Å². The van der Waals surface area contributed by atoms with Crippen molar-refractivity contribution in [3.63, 3.8) is 0 Å². The molecule has 0 aliphatic carbocycles. The van der Waals surface area contributed by atoms with E-state index in [4.69, 9.17) is 11.6 Å². The second kappa shape index (κ2) is 11.5. The quantitative estimate of drug-likeness (QED) is 0.239. The fraction of sp³-hybridized carbons (Fsp3) is 0.206. The number of hydrogen-bond donors (Lipinski definition) is 1. The van der Waals surface area contributed by atoms with Crippen LogP contribution in [0.4, 0.5) is 0 Å². The third kappa shape index (κ3) is 5.49. The summed E-state index contributed by atoms with van der Waals surface area (Å²) in [6, 6.07) is 37.7. The first-order valence-corrected chi connectivity index (χ1v) is 14.0. The highest BCUT2D eigenvalue weighted by Crippen LogP contribution is 2.35. The van der Waals surface area contributed by atoms with E-state index in [-0.39, 0.29) is 17.9 Å². The highest BCUT2D eigenvalue weighted by molar-refractivity contribution is 6.30. The van der Waals surface area contributed by atoms with Gasteiger partial charge in [-0.1, -0.05) is 103 Å². The van der Waals surface area contributed by atoms with Crippen molar-refractivity contribution in [2.24, 2.45) is 0 Å². The Balaban J connectivity index is 1.21. The Bertz CT molecular complexity index is 1480. The number of benzene rings is 4. The van der Waals surface area contributed by atoms with Crippen LogP contribution in [0.5, 0.6) is 0 Å². The fourth-order valence-electron chi connectivity index (χ4n) is 5.90. The number of amides is 1. The minimum Gasteiger partial charge on any atom is -0.361 e. The Hall–Kier alpha value is -3.86. The largest absolute Gasteiger partial charge is 0.361 e. The van der Waals surface area contributed by atoms with Crippen LogP contribution in [0, 0.1) is 0 Å². The van der Waals surface area contributed by atoms with Crippen molar-refractivity contribution < 1.29 is 4.79 Å². The highest BCUT2D eigenvalue weighted by Gasteiger charge is 2.30. The lowest BCUT2D eigenvalue weighted by molar-refractivity contribution is -0.133. The van der Waals surface area contributed by atoms with E-state index in [1.807, 2.05) is 35.2 Å². The second-order valence-corrected chi connectivity index (χ2v) is 10.7. The molecule has 0 saturated carbocycles. The van der Waals surface area contributed by atoms with Gasteiger partial charge < -0.3 is 9.88 Å². The summed E-state index contributed by atoms with van der Waals surface area (Å²) >= 11 is 6.21. The number of aromatic nitrogens is 1. The molecule has 4 nitrogen and oxygen atoms in total. The molecule has 1 saturated heterocycles. The van der Waals surface area contributed by atoms with Crippen LogP contribution in [0.1, 0.15) is 40.6 Å². The Morgan fingerprint density at radius 3 is 1.95 bits per heavy atom. The van der Waals surface area contributed by atoms with Crippen LogP contribution in [0.2, 0.25) is 5.02 Å². The molecule has 0 bridgehead atoms. The van der Waals surface area contributed by atoms with Crippen molar-refractivity contribution >= 4 is 28.4 Å². The molecule has 6 rings (SSSR count). The number of halogens is 1. The summed E-state index contributed by atoms with van der Waals surface area (Å²) in [4.78, 5) is 21.7. The molecule has 5 aromatic rings. The molecule has 0 spiro atoms. The SMILES string of the molecule is O=C(C[C@H](c1ccc(Cl)cc1)c1c[nH]c2ccccc12)N1CCN(C(c2ccccc2)c2ccccc2)CC1. The summed E-state index contributed by atoms with van der Waals surface area (Å²) in [5.74, 6) is 0.140. The number of piperazine rings is 1. The average molecular weight is 534 g/mol. The predicted molar refractivity (Wildman–Crippen MR) is 159 cm³/mol. The first kappa shape index (κ1) is 25.4. The first-order valence-electron chi connectivity index (χ1n) is 13.6. The van der Waals surface area contributed by atoms with E-state index in [0.717, 1.165) is 48.2 Å². The number of carbonyl (C=O) groups is 1. The monoisotopic (exact) mass is 533 g/mol. The second-order valence-electron chi connectivity index (χ2n) is 10.2. The van der Waals surface area contributed by atoms with Gasteiger partial charge in [0.25, 0.3) is 0 Å². The fourth-order valence-corrected chi connectivity index (χ4v) is 6.03. The molecule has 0 radical (unpaired) electrons. The normalized spacial score (nSPS) is 15.1. The zero-order chi connectivity index (χ0) is 26.6. The molecule has 5 heteroatoms. The number of rotatable bonds is 7. The number of nitrogens with zero attached hydrogens (tertiary/aromatic N) is 2. The molecule has 39 heavy (non-hydrogen) atoms. The third-order valence-corrected chi connectivity index (χ3v) is 8.16. The van der Waals surface area contributed by atoms with Gasteiger partial charge in [-0.05, 0) is 40.5 Å². The van der Waals surface area contributed by atoms with Crippen LogP contribution in [0.15, 0.2) is 115 Å². The zero-order valence-corrected chi connectivity index (χ0v) is 22.6. The standard InChI is InChI=1S/C34H32ClN3O/c35-28-17-15-25(16-18-28)30(31-24-36-32-14-8-7-13-29(31)32)23-33(39)37-19-21-38(22-20-37)34(26-9-3-1-4-10-26)27-11-5-2-6-12-27/h1-18,24,30,34,36H,19-23H2/t30-/m1/s1. The summed E-state index contributed by atoms with van der Waals surface area (Å²) in [6.07, 6.45) is 2.48. The molecular formula is C34H32ClN3O.